The smallest absolute Gasteiger partial charge is 0.415 e. The van der Waals surface area contributed by atoms with Crippen molar-refractivity contribution in [1.29, 1.82) is 0 Å². The van der Waals surface area contributed by atoms with Crippen molar-refractivity contribution in [2.24, 2.45) is 0 Å². The average molecular weight is 369 g/mol. The van der Waals surface area contributed by atoms with Crippen molar-refractivity contribution < 1.29 is 32.6 Å². The largest absolute Gasteiger partial charge is 0.497 e. The summed E-state index contributed by atoms with van der Waals surface area (Å²) in [7, 11) is 1.50. The van der Waals surface area contributed by atoms with Crippen LogP contribution in [0.3, 0.4) is 0 Å². The Morgan fingerprint density at radius 2 is 1.73 bits per heavy atom. The molecule has 0 atom stereocenters. The van der Waals surface area contributed by atoms with Gasteiger partial charge in [0.25, 0.3) is 0 Å². The molecular formula is C18H21F2NO5. The molecule has 0 heterocycles. The second kappa shape index (κ2) is 10.9. The van der Waals surface area contributed by atoms with Gasteiger partial charge in [-0.2, -0.15) is 8.78 Å². The van der Waals surface area contributed by atoms with Crippen LogP contribution in [-0.4, -0.2) is 43.8 Å². The van der Waals surface area contributed by atoms with Crippen LogP contribution in [0, 0.1) is 0 Å². The first-order valence-corrected chi connectivity index (χ1v) is 7.92. The van der Waals surface area contributed by atoms with Crippen molar-refractivity contribution in [3.05, 3.63) is 53.8 Å². The zero-order valence-electron chi connectivity index (χ0n) is 14.8. The second-order valence-electron chi connectivity index (χ2n) is 4.89. The number of rotatable bonds is 8. The van der Waals surface area contributed by atoms with E-state index in [2.05, 4.69) is 4.74 Å². The highest BCUT2D eigenvalue weighted by atomic mass is 19.3. The average Bonchev–Trinajstić information content (AvgIpc) is 2.64. The van der Waals surface area contributed by atoms with Crippen LogP contribution in [-0.2, 0) is 9.47 Å². The fourth-order valence-corrected chi connectivity index (χ4v) is 1.87. The van der Waals surface area contributed by atoms with Crippen LogP contribution in [0.25, 0.3) is 0 Å². The minimum absolute atomic E-state index is 0.259. The monoisotopic (exact) mass is 369 g/mol. The summed E-state index contributed by atoms with van der Waals surface area (Å²) in [4.78, 5) is 24.8. The summed E-state index contributed by atoms with van der Waals surface area (Å²) in [5, 5.41) is 0. The Labute approximate surface area is 150 Å². The Morgan fingerprint density at radius 1 is 1.12 bits per heavy atom. The topological polar surface area (TPSA) is 65.1 Å². The Bertz CT molecular complexity index is 663. The molecule has 0 radical (unpaired) electrons. The summed E-state index contributed by atoms with van der Waals surface area (Å²) < 4.78 is 40.3. The molecular weight excluding hydrogens is 348 g/mol. The number of allylic oxidation sites excluding steroid dienone is 1. The minimum atomic E-state index is -2.15. The maximum absolute atomic E-state index is 12.9. The predicted octanol–water partition coefficient (Wildman–Crippen LogP) is 3.99. The van der Waals surface area contributed by atoms with Crippen LogP contribution < -0.4 is 4.74 Å². The molecule has 6 nitrogen and oxygen atoms in total. The lowest BCUT2D eigenvalue weighted by Crippen LogP contribution is -2.30. The first kappa shape index (κ1) is 21.1. The molecule has 0 fully saturated rings. The summed E-state index contributed by atoms with van der Waals surface area (Å²) in [5.74, 6) is -0.921. The highest BCUT2D eigenvalue weighted by molar-refractivity contribution is 5.89. The van der Waals surface area contributed by atoms with Gasteiger partial charge in [-0.05, 0) is 50.3 Å². The van der Waals surface area contributed by atoms with E-state index >= 15 is 0 Å². The number of nitrogens with zero attached hydrogens (tertiary/aromatic N) is 1. The Balaban J connectivity index is 2.59. The van der Waals surface area contributed by atoms with Gasteiger partial charge in [-0.3, -0.25) is 0 Å². The lowest BCUT2D eigenvalue weighted by molar-refractivity contribution is 0.0548. The van der Waals surface area contributed by atoms with Gasteiger partial charge in [-0.25, -0.2) is 9.59 Å². The number of esters is 1. The molecule has 0 aliphatic rings. The van der Waals surface area contributed by atoms with E-state index in [1.807, 2.05) is 0 Å². The molecule has 142 valence electrons. The molecule has 0 aliphatic heterocycles. The molecule has 8 heteroatoms. The van der Waals surface area contributed by atoms with E-state index in [1.165, 1.54) is 24.1 Å². The summed E-state index contributed by atoms with van der Waals surface area (Å²) in [5.41, 5.74) is 0.291. The van der Waals surface area contributed by atoms with Gasteiger partial charge >= 0.3 is 18.1 Å². The number of carbonyl (C=O) groups is 2. The third-order valence-electron chi connectivity index (χ3n) is 3.31. The van der Waals surface area contributed by atoms with Crippen LogP contribution >= 0.6 is 0 Å². The first-order chi connectivity index (χ1) is 12.4. The highest BCUT2D eigenvalue weighted by Crippen LogP contribution is 2.14. The van der Waals surface area contributed by atoms with E-state index in [0.717, 1.165) is 12.2 Å². The van der Waals surface area contributed by atoms with Crippen molar-refractivity contribution in [3.63, 3.8) is 0 Å². The van der Waals surface area contributed by atoms with Gasteiger partial charge in [0.15, 0.2) is 5.76 Å². The van der Waals surface area contributed by atoms with E-state index in [9.17, 15) is 18.4 Å². The third-order valence-corrected chi connectivity index (χ3v) is 3.31. The van der Waals surface area contributed by atoms with Crippen LogP contribution in [0.4, 0.5) is 13.6 Å². The van der Waals surface area contributed by atoms with Crippen molar-refractivity contribution in [2.75, 3.05) is 26.8 Å². The van der Waals surface area contributed by atoms with Gasteiger partial charge in [0.05, 0.1) is 12.7 Å². The van der Waals surface area contributed by atoms with E-state index in [0.29, 0.717) is 24.4 Å². The van der Waals surface area contributed by atoms with Gasteiger partial charge in [-0.1, -0.05) is 0 Å². The maximum atomic E-state index is 12.9. The molecule has 0 saturated carbocycles. The first-order valence-electron chi connectivity index (χ1n) is 7.92. The van der Waals surface area contributed by atoms with Crippen molar-refractivity contribution in [2.45, 2.75) is 13.8 Å². The van der Waals surface area contributed by atoms with E-state index in [1.54, 1.807) is 26.0 Å². The van der Waals surface area contributed by atoms with Crippen molar-refractivity contribution in [3.8, 4) is 5.75 Å². The van der Waals surface area contributed by atoms with Gasteiger partial charge < -0.3 is 19.1 Å². The lowest BCUT2D eigenvalue weighted by atomic mass is 10.2. The maximum Gasteiger partial charge on any atom is 0.415 e. The zero-order chi connectivity index (χ0) is 19.5. The number of methoxy groups -OCH3 is 1. The summed E-state index contributed by atoms with van der Waals surface area (Å²) in [6, 6.07) is 6.23. The molecule has 0 aromatic heterocycles. The summed E-state index contributed by atoms with van der Waals surface area (Å²) >= 11 is 0. The standard InChI is InChI=1S/C18H21F2NO5/c1-4-21(5-2)18(23)26-15(16(19)20)7-6-12-25-17(22)13-8-10-14(24-3)11-9-13/h6-11H,4-5,12H2,1-3H3/b7-6+. The van der Waals surface area contributed by atoms with Crippen molar-refractivity contribution >= 4 is 12.1 Å². The fraction of sp³-hybridized carbons (Fsp3) is 0.333. The number of hydrogen-bond donors (Lipinski definition) is 0. The van der Waals surface area contributed by atoms with Crippen LogP contribution in [0.1, 0.15) is 24.2 Å². The normalized spacial score (nSPS) is 10.3. The summed E-state index contributed by atoms with van der Waals surface area (Å²) in [6.45, 7) is 3.81. The Kier molecular flexibility index (Phi) is 8.83. The molecule has 0 spiro atoms. The van der Waals surface area contributed by atoms with Crippen LogP contribution in [0.2, 0.25) is 0 Å². The molecule has 0 aliphatic carbocycles. The SMILES string of the molecule is CCN(CC)C(=O)OC(/C=C/COC(=O)c1ccc(OC)cc1)=C(F)F. The van der Waals surface area contributed by atoms with Crippen LogP contribution in [0.15, 0.2) is 48.3 Å². The zero-order valence-corrected chi connectivity index (χ0v) is 14.8. The summed E-state index contributed by atoms with van der Waals surface area (Å²) in [6.07, 6.45) is -0.982. The van der Waals surface area contributed by atoms with Gasteiger partial charge in [0.1, 0.15) is 12.4 Å². The molecule has 1 amide bonds. The molecule has 0 unspecified atom stereocenters. The number of ether oxygens (including phenoxy) is 3. The molecule has 1 aromatic carbocycles. The number of hydrogen-bond acceptors (Lipinski definition) is 5. The van der Waals surface area contributed by atoms with Gasteiger partial charge in [0, 0.05) is 13.1 Å². The fourth-order valence-electron chi connectivity index (χ4n) is 1.87. The van der Waals surface area contributed by atoms with E-state index < -0.39 is 23.9 Å². The molecule has 0 N–H and O–H groups in total. The molecule has 26 heavy (non-hydrogen) atoms. The van der Waals surface area contributed by atoms with Crippen LogP contribution in [0.5, 0.6) is 5.75 Å². The van der Waals surface area contributed by atoms with Crippen molar-refractivity contribution in [1.82, 2.24) is 4.90 Å². The highest BCUT2D eigenvalue weighted by Gasteiger charge is 2.15. The number of carbonyl (C=O) groups excluding carboxylic acids is 2. The van der Waals surface area contributed by atoms with E-state index in [-0.39, 0.29) is 6.61 Å². The number of halogens is 2. The van der Waals surface area contributed by atoms with Gasteiger partial charge in [-0.15, -0.1) is 0 Å². The third kappa shape index (κ3) is 6.54. The number of benzene rings is 1. The second-order valence-corrected chi connectivity index (χ2v) is 4.89. The molecule has 1 aromatic rings. The quantitative estimate of drug-likeness (QED) is 0.394. The number of amides is 1. The Morgan fingerprint density at radius 3 is 2.23 bits per heavy atom. The lowest BCUT2D eigenvalue weighted by Gasteiger charge is -2.17. The predicted molar refractivity (Wildman–Crippen MR) is 91.1 cm³/mol. The Hall–Kier alpha value is -2.90. The van der Waals surface area contributed by atoms with E-state index in [4.69, 9.17) is 9.47 Å². The van der Waals surface area contributed by atoms with Gasteiger partial charge in [0.2, 0.25) is 0 Å². The molecule has 0 bridgehead atoms. The molecule has 0 saturated heterocycles. The molecule has 1 rings (SSSR count). The minimum Gasteiger partial charge on any atom is -0.497 e.